The molecule has 5 heteroatoms. The highest BCUT2D eigenvalue weighted by Gasteiger charge is 2.08. The molecule has 17 heavy (non-hydrogen) atoms. The average Bonchev–Trinajstić information content (AvgIpc) is 2.85. The Morgan fingerprint density at radius 3 is 2.65 bits per heavy atom. The van der Waals surface area contributed by atoms with Gasteiger partial charge in [0.1, 0.15) is 5.65 Å². The second-order valence-electron chi connectivity index (χ2n) is 4.09. The average molecular weight is 338 g/mol. The molecule has 0 fully saturated rings. The highest BCUT2D eigenvalue weighted by atomic mass is 127. The van der Waals surface area contributed by atoms with Crippen molar-refractivity contribution < 1.29 is 0 Å². The fourth-order valence-corrected chi connectivity index (χ4v) is 2.76. The zero-order valence-electron chi connectivity index (χ0n) is 9.55. The highest BCUT2D eigenvalue weighted by Crippen LogP contribution is 2.26. The molecule has 0 aliphatic carbocycles. The first kappa shape index (κ1) is 10.8. The monoisotopic (exact) mass is 338 g/mol. The Morgan fingerprint density at radius 1 is 1.12 bits per heavy atom. The van der Waals surface area contributed by atoms with Crippen molar-refractivity contribution in [2.24, 2.45) is 14.1 Å². The first-order valence-corrected chi connectivity index (χ1v) is 6.32. The molecule has 86 valence electrons. The van der Waals surface area contributed by atoms with Crippen molar-refractivity contribution in [3.63, 3.8) is 0 Å². The van der Waals surface area contributed by atoms with Crippen LogP contribution in [0.2, 0.25) is 0 Å². The summed E-state index contributed by atoms with van der Waals surface area (Å²) in [5.74, 6) is 0. The number of aryl methyl sites for hydroxylation is 2. The van der Waals surface area contributed by atoms with E-state index in [1.54, 1.807) is 4.68 Å². The van der Waals surface area contributed by atoms with Crippen LogP contribution in [-0.2, 0) is 14.1 Å². The fraction of sp³-hybridized carbons (Fsp3) is 0.167. The SMILES string of the molecule is Cn1cc(-c2cnc3c(c2)c(I)cn3C)cn1. The number of nitrogens with zero attached hydrogens (tertiary/aromatic N) is 4. The first-order valence-electron chi connectivity index (χ1n) is 5.25. The van der Waals surface area contributed by atoms with E-state index < -0.39 is 0 Å². The van der Waals surface area contributed by atoms with Gasteiger partial charge in [0.05, 0.1) is 6.20 Å². The van der Waals surface area contributed by atoms with Gasteiger partial charge in [-0.25, -0.2) is 4.98 Å². The maximum atomic E-state index is 4.51. The molecule has 4 nitrogen and oxygen atoms in total. The number of fused-ring (bicyclic) bond motifs is 1. The van der Waals surface area contributed by atoms with E-state index in [-0.39, 0.29) is 0 Å². The summed E-state index contributed by atoms with van der Waals surface area (Å²) in [5, 5.41) is 5.37. The molecule has 3 aromatic rings. The molecule has 0 unspecified atom stereocenters. The van der Waals surface area contributed by atoms with Crippen molar-refractivity contribution in [1.29, 1.82) is 0 Å². The topological polar surface area (TPSA) is 35.6 Å². The summed E-state index contributed by atoms with van der Waals surface area (Å²) in [6.45, 7) is 0. The van der Waals surface area contributed by atoms with Crippen LogP contribution in [0.25, 0.3) is 22.2 Å². The van der Waals surface area contributed by atoms with Crippen molar-refractivity contribution in [1.82, 2.24) is 19.3 Å². The van der Waals surface area contributed by atoms with Gasteiger partial charge >= 0.3 is 0 Å². The van der Waals surface area contributed by atoms with Crippen molar-refractivity contribution >= 4 is 33.6 Å². The molecule has 0 aliphatic rings. The molecule has 0 N–H and O–H groups in total. The zero-order valence-corrected chi connectivity index (χ0v) is 11.7. The van der Waals surface area contributed by atoms with Crippen LogP contribution in [0.1, 0.15) is 0 Å². The Kier molecular flexibility index (Phi) is 2.43. The molecule has 0 bridgehead atoms. The summed E-state index contributed by atoms with van der Waals surface area (Å²) in [5.41, 5.74) is 3.22. The van der Waals surface area contributed by atoms with Crippen molar-refractivity contribution in [3.05, 3.63) is 34.4 Å². The van der Waals surface area contributed by atoms with Crippen LogP contribution >= 0.6 is 22.6 Å². The maximum absolute atomic E-state index is 4.51. The normalized spacial score (nSPS) is 11.2. The number of halogens is 1. The third-order valence-corrected chi connectivity index (χ3v) is 3.66. The molecule has 0 saturated heterocycles. The van der Waals surface area contributed by atoms with E-state index in [1.807, 2.05) is 37.3 Å². The number of hydrogen-bond acceptors (Lipinski definition) is 2. The molecule has 3 aromatic heterocycles. The summed E-state index contributed by atoms with van der Waals surface area (Å²) in [7, 11) is 3.93. The lowest BCUT2D eigenvalue weighted by molar-refractivity contribution is 0.768. The summed E-state index contributed by atoms with van der Waals surface area (Å²) in [4.78, 5) is 4.51. The molecule has 0 spiro atoms. The molecule has 0 aliphatic heterocycles. The molecule has 0 atom stereocenters. The summed E-state index contributed by atoms with van der Waals surface area (Å²) < 4.78 is 5.07. The Hall–Kier alpha value is -1.37. The van der Waals surface area contributed by atoms with Gasteiger partial charge in [-0.15, -0.1) is 0 Å². The molecule has 0 aromatic carbocycles. The third kappa shape index (κ3) is 1.74. The molecule has 3 heterocycles. The van der Waals surface area contributed by atoms with Gasteiger partial charge in [-0.1, -0.05) is 0 Å². The largest absolute Gasteiger partial charge is 0.334 e. The second kappa shape index (κ2) is 3.83. The predicted molar refractivity (Wildman–Crippen MR) is 75.6 cm³/mol. The highest BCUT2D eigenvalue weighted by molar-refractivity contribution is 14.1. The van der Waals surface area contributed by atoms with Crippen molar-refractivity contribution in [3.8, 4) is 11.1 Å². The van der Waals surface area contributed by atoms with Crippen molar-refractivity contribution in [2.45, 2.75) is 0 Å². The van der Waals surface area contributed by atoms with Gasteiger partial charge < -0.3 is 4.57 Å². The standard InChI is InChI=1S/C12H11IN4/c1-16-7-11(13)10-3-8(4-14-12(10)16)9-5-15-17(2)6-9/h3-7H,1-2H3. The molecular weight excluding hydrogens is 327 g/mol. The van der Waals surface area contributed by atoms with Gasteiger partial charge in [-0.2, -0.15) is 5.10 Å². The number of rotatable bonds is 1. The molecular formula is C12H11IN4. The lowest BCUT2D eigenvalue weighted by atomic mass is 10.1. The van der Waals surface area contributed by atoms with E-state index in [9.17, 15) is 0 Å². The van der Waals surface area contributed by atoms with E-state index in [0.717, 1.165) is 16.8 Å². The second-order valence-corrected chi connectivity index (χ2v) is 5.25. The first-order chi connectivity index (χ1) is 8.15. The zero-order chi connectivity index (χ0) is 12.0. The Morgan fingerprint density at radius 2 is 1.94 bits per heavy atom. The minimum absolute atomic E-state index is 1.02. The van der Waals surface area contributed by atoms with Crippen LogP contribution < -0.4 is 0 Å². The summed E-state index contributed by atoms with van der Waals surface area (Å²) in [6.07, 6.45) is 7.85. The minimum atomic E-state index is 1.02. The van der Waals surface area contributed by atoms with E-state index in [1.165, 1.54) is 8.96 Å². The predicted octanol–water partition coefficient (Wildman–Crippen LogP) is 2.58. The maximum Gasteiger partial charge on any atom is 0.140 e. The number of pyridine rings is 1. The summed E-state index contributed by atoms with van der Waals surface area (Å²) >= 11 is 2.34. The van der Waals surface area contributed by atoms with Crippen LogP contribution in [0.5, 0.6) is 0 Å². The van der Waals surface area contributed by atoms with E-state index in [4.69, 9.17) is 0 Å². The van der Waals surface area contributed by atoms with Gasteiger partial charge in [0.25, 0.3) is 0 Å². The van der Waals surface area contributed by atoms with Crippen molar-refractivity contribution in [2.75, 3.05) is 0 Å². The Balaban J connectivity index is 2.22. The van der Waals surface area contributed by atoms with E-state index in [0.29, 0.717) is 0 Å². The Labute approximate surface area is 112 Å². The van der Waals surface area contributed by atoms with Gasteiger partial charge in [0, 0.05) is 52.8 Å². The number of aromatic nitrogens is 4. The van der Waals surface area contributed by atoms with Crippen LogP contribution in [0.3, 0.4) is 0 Å². The molecule has 0 saturated carbocycles. The molecule has 0 amide bonds. The van der Waals surface area contributed by atoms with Gasteiger partial charge in [0.2, 0.25) is 0 Å². The lowest BCUT2D eigenvalue weighted by Gasteiger charge is -1.99. The van der Waals surface area contributed by atoms with Gasteiger partial charge in [0.15, 0.2) is 0 Å². The molecule has 0 radical (unpaired) electrons. The van der Waals surface area contributed by atoms with Crippen LogP contribution in [0, 0.1) is 3.57 Å². The Bertz CT molecular complexity index is 696. The van der Waals surface area contributed by atoms with Crippen LogP contribution in [0.15, 0.2) is 30.9 Å². The van der Waals surface area contributed by atoms with Crippen LogP contribution in [0.4, 0.5) is 0 Å². The van der Waals surface area contributed by atoms with E-state index in [2.05, 4.69) is 44.9 Å². The summed E-state index contributed by atoms with van der Waals surface area (Å²) in [6, 6.07) is 2.17. The lowest BCUT2D eigenvalue weighted by Crippen LogP contribution is -1.87. The smallest absolute Gasteiger partial charge is 0.140 e. The third-order valence-electron chi connectivity index (χ3n) is 2.80. The van der Waals surface area contributed by atoms with Crippen LogP contribution in [-0.4, -0.2) is 19.3 Å². The fourth-order valence-electron chi connectivity index (χ4n) is 1.94. The van der Waals surface area contributed by atoms with Gasteiger partial charge in [-0.3, -0.25) is 4.68 Å². The van der Waals surface area contributed by atoms with Gasteiger partial charge in [-0.05, 0) is 28.7 Å². The van der Waals surface area contributed by atoms with E-state index >= 15 is 0 Å². The number of hydrogen-bond donors (Lipinski definition) is 0. The minimum Gasteiger partial charge on any atom is -0.334 e. The quantitative estimate of drug-likeness (QED) is 0.640. The molecule has 3 rings (SSSR count).